The van der Waals surface area contributed by atoms with Gasteiger partial charge >= 0.3 is 0 Å². The largest absolute Gasteiger partial charge is 0.375 e. The highest BCUT2D eigenvalue weighted by Crippen LogP contribution is 1.93. The predicted molar refractivity (Wildman–Crippen MR) is 56.3 cm³/mol. The molecule has 15 heavy (non-hydrogen) atoms. The summed E-state index contributed by atoms with van der Waals surface area (Å²) < 4.78 is 6.72. The molecule has 0 atom stereocenters. The average molecular weight is 211 g/mol. The number of ether oxygens (including phenoxy) is 1. The number of aromatic nitrogens is 2. The van der Waals surface area contributed by atoms with Crippen molar-refractivity contribution in [2.45, 2.75) is 19.4 Å². The van der Waals surface area contributed by atoms with E-state index in [0.717, 1.165) is 19.4 Å². The Morgan fingerprint density at radius 1 is 1.53 bits per heavy atom. The molecule has 0 radical (unpaired) electrons. The normalized spacial score (nSPS) is 10.2. The number of amides is 1. The van der Waals surface area contributed by atoms with Crippen LogP contribution in [0.3, 0.4) is 0 Å². The zero-order chi connectivity index (χ0) is 10.9. The Bertz CT molecular complexity index is 272. The fourth-order valence-electron chi connectivity index (χ4n) is 1.25. The molecule has 0 aromatic carbocycles. The van der Waals surface area contributed by atoms with Gasteiger partial charge in [-0.05, 0) is 12.8 Å². The van der Waals surface area contributed by atoms with E-state index in [1.54, 1.807) is 12.5 Å². The maximum absolute atomic E-state index is 11.0. The molecule has 0 aliphatic rings. The standard InChI is InChI=1S/C10H17N3O2/c1-15-8-10(14)12-4-2-3-6-13-7-5-11-9-13/h5,7,9H,2-4,6,8H2,1H3,(H,12,14). The highest BCUT2D eigenvalue weighted by molar-refractivity contribution is 5.77. The number of hydrogen-bond acceptors (Lipinski definition) is 3. The smallest absolute Gasteiger partial charge is 0.245 e. The molecule has 0 fully saturated rings. The molecule has 1 aromatic rings. The average Bonchev–Trinajstić information content (AvgIpc) is 2.70. The predicted octanol–water partition coefficient (Wildman–Crippen LogP) is 0.426. The summed E-state index contributed by atoms with van der Waals surface area (Å²) in [5, 5.41) is 2.77. The fourth-order valence-corrected chi connectivity index (χ4v) is 1.25. The molecule has 5 heteroatoms. The minimum Gasteiger partial charge on any atom is -0.375 e. The van der Waals surface area contributed by atoms with Gasteiger partial charge in [0.2, 0.25) is 5.91 Å². The summed E-state index contributed by atoms with van der Waals surface area (Å²) >= 11 is 0. The van der Waals surface area contributed by atoms with Crippen LogP contribution in [0.4, 0.5) is 0 Å². The molecule has 1 aromatic heterocycles. The zero-order valence-corrected chi connectivity index (χ0v) is 8.98. The van der Waals surface area contributed by atoms with Gasteiger partial charge in [0.1, 0.15) is 6.61 Å². The molecular weight excluding hydrogens is 194 g/mol. The minimum absolute atomic E-state index is 0.0554. The molecule has 0 saturated heterocycles. The van der Waals surface area contributed by atoms with E-state index in [1.807, 2.05) is 10.8 Å². The lowest BCUT2D eigenvalue weighted by Crippen LogP contribution is -2.28. The van der Waals surface area contributed by atoms with Gasteiger partial charge in [-0.2, -0.15) is 0 Å². The number of unbranched alkanes of at least 4 members (excludes halogenated alkanes) is 1. The number of carbonyl (C=O) groups is 1. The van der Waals surface area contributed by atoms with Crippen molar-refractivity contribution in [3.8, 4) is 0 Å². The molecule has 5 nitrogen and oxygen atoms in total. The maximum Gasteiger partial charge on any atom is 0.245 e. The lowest BCUT2D eigenvalue weighted by atomic mass is 10.3. The highest BCUT2D eigenvalue weighted by Gasteiger charge is 1.97. The third-order valence-electron chi connectivity index (χ3n) is 2.00. The fraction of sp³-hybridized carbons (Fsp3) is 0.600. The van der Waals surface area contributed by atoms with Crippen LogP contribution >= 0.6 is 0 Å². The number of rotatable bonds is 7. The summed E-state index contributed by atoms with van der Waals surface area (Å²) in [7, 11) is 1.51. The first-order valence-corrected chi connectivity index (χ1v) is 5.04. The molecule has 1 heterocycles. The number of aryl methyl sites for hydroxylation is 1. The lowest BCUT2D eigenvalue weighted by molar-refractivity contribution is -0.124. The van der Waals surface area contributed by atoms with Crippen LogP contribution in [0.2, 0.25) is 0 Å². The number of hydrogen-bond donors (Lipinski definition) is 1. The molecule has 1 amide bonds. The Kier molecular flexibility index (Phi) is 5.47. The van der Waals surface area contributed by atoms with Gasteiger partial charge in [0.25, 0.3) is 0 Å². The first kappa shape index (κ1) is 11.7. The van der Waals surface area contributed by atoms with Crippen LogP contribution < -0.4 is 5.32 Å². The zero-order valence-electron chi connectivity index (χ0n) is 8.98. The van der Waals surface area contributed by atoms with Crippen molar-refractivity contribution in [1.82, 2.24) is 14.9 Å². The molecule has 0 aliphatic heterocycles. The van der Waals surface area contributed by atoms with Crippen LogP contribution in [0.25, 0.3) is 0 Å². The Morgan fingerprint density at radius 2 is 2.40 bits per heavy atom. The van der Waals surface area contributed by atoms with Crippen molar-refractivity contribution in [3.05, 3.63) is 18.7 Å². The van der Waals surface area contributed by atoms with E-state index in [4.69, 9.17) is 4.74 Å². The second-order valence-electron chi connectivity index (χ2n) is 3.29. The van der Waals surface area contributed by atoms with Gasteiger partial charge in [-0.3, -0.25) is 4.79 Å². The molecular formula is C10H17N3O2. The Balaban J connectivity index is 1.95. The maximum atomic E-state index is 11.0. The molecule has 84 valence electrons. The van der Waals surface area contributed by atoms with Crippen molar-refractivity contribution in [2.24, 2.45) is 0 Å². The monoisotopic (exact) mass is 211 g/mol. The van der Waals surface area contributed by atoms with Crippen molar-refractivity contribution in [1.29, 1.82) is 0 Å². The molecule has 0 spiro atoms. The molecule has 0 bridgehead atoms. The molecule has 1 N–H and O–H groups in total. The van der Waals surface area contributed by atoms with E-state index in [-0.39, 0.29) is 12.5 Å². The molecule has 0 saturated carbocycles. The van der Waals surface area contributed by atoms with E-state index < -0.39 is 0 Å². The van der Waals surface area contributed by atoms with Gasteiger partial charge in [0, 0.05) is 32.6 Å². The molecule has 0 unspecified atom stereocenters. The Labute approximate surface area is 89.4 Å². The van der Waals surface area contributed by atoms with E-state index in [2.05, 4.69) is 10.3 Å². The lowest BCUT2D eigenvalue weighted by Gasteiger charge is -2.04. The Morgan fingerprint density at radius 3 is 3.07 bits per heavy atom. The quantitative estimate of drug-likeness (QED) is 0.665. The summed E-state index contributed by atoms with van der Waals surface area (Å²) in [4.78, 5) is 14.9. The van der Waals surface area contributed by atoms with Gasteiger partial charge in [-0.1, -0.05) is 0 Å². The van der Waals surface area contributed by atoms with Crippen LogP contribution in [0.5, 0.6) is 0 Å². The summed E-state index contributed by atoms with van der Waals surface area (Å²) in [6.45, 7) is 1.79. The van der Waals surface area contributed by atoms with Crippen molar-refractivity contribution >= 4 is 5.91 Å². The summed E-state index contributed by atoms with van der Waals surface area (Å²) in [6.07, 6.45) is 7.49. The van der Waals surface area contributed by atoms with Crippen LogP contribution in [0, 0.1) is 0 Å². The summed E-state index contributed by atoms with van der Waals surface area (Å²) in [6, 6.07) is 0. The van der Waals surface area contributed by atoms with Crippen LogP contribution in [-0.4, -0.2) is 35.7 Å². The molecule has 1 rings (SSSR count). The Hall–Kier alpha value is -1.36. The number of carbonyl (C=O) groups excluding carboxylic acids is 1. The third-order valence-corrected chi connectivity index (χ3v) is 2.00. The van der Waals surface area contributed by atoms with Gasteiger partial charge in [-0.15, -0.1) is 0 Å². The number of methoxy groups -OCH3 is 1. The number of nitrogens with zero attached hydrogens (tertiary/aromatic N) is 2. The highest BCUT2D eigenvalue weighted by atomic mass is 16.5. The van der Waals surface area contributed by atoms with Crippen LogP contribution in [0.1, 0.15) is 12.8 Å². The second kappa shape index (κ2) is 7.00. The van der Waals surface area contributed by atoms with Crippen LogP contribution in [-0.2, 0) is 16.1 Å². The van der Waals surface area contributed by atoms with E-state index >= 15 is 0 Å². The van der Waals surface area contributed by atoms with Crippen molar-refractivity contribution in [2.75, 3.05) is 20.3 Å². The van der Waals surface area contributed by atoms with Gasteiger partial charge in [0.05, 0.1) is 6.33 Å². The second-order valence-corrected chi connectivity index (χ2v) is 3.29. The number of nitrogens with one attached hydrogen (secondary N) is 1. The molecule has 0 aliphatic carbocycles. The van der Waals surface area contributed by atoms with Crippen LogP contribution in [0.15, 0.2) is 18.7 Å². The first-order valence-electron chi connectivity index (χ1n) is 5.04. The number of imidazole rings is 1. The summed E-state index contributed by atoms with van der Waals surface area (Å²) in [5.74, 6) is -0.0554. The van der Waals surface area contributed by atoms with Crippen molar-refractivity contribution in [3.63, 3.8) is 0 Å². The van der Waals surface area contributed by atoms with Crippen molar-refractivity contribution < 1.29 is 9.53 Å². The third kappa shape index (κ3) is 5.17. The van der Waals surface area contributed by atoms with E-state index in [0.29, 0.717) is 6.54 Å². The van der Waals surface area contributed by atoms with Gasteiger partial charge in [0.15, 0.2) is 0 Å². The summed E-state index contributed by atoms with van der Waals surface area (Å²) in [5.41, 5.74) is 0. The van der Waals surface area contributed by atoms with Gasteiger partial charge < -0.3 is 14.6 Å². The topological polar surface area (TPSA) is 56.1 Å². The SMILES string of the molecule is COCC(=O)NCCCCn1ccnc1. The van der Waals surface area contributed by atoms with E-state index in [1.165, 1.54) is 7.11 Å². The van der Waals surface area contributed by atoms with E-state index in [9.17, 15) is 4.79 Å². The van der Waals surface area contributed by atoms with Gasteiger partial charge in [-0.25, -0.2) is 4.98 Å². The minimum atomic E-state index is -0.0554. The first-order chi connectivity index (χ1) is 7.33.